The third-order valence-corrected chi connectivity index (χ3v) is 3.46. The second-order valence-corrected chi connectivity index (χ2v) is 4.90. The highest BCUT2D eigenvalue weighted by molar-refractivity contribution is 4.91. The van der Waals surface area contributed by atoms with Crippen molar-refractivity contribution in [1.29, 1.82) is 0 Å². The van der Waals surface area contributed by atoms with Crippen molar-refractivity contribution >= 4 is 0 Å². The first kappa shape index (κ1) is 12.5. The fourth-order valence-electron chi connectivity index (χ4n) is 2.43. The highest BCUT2D eigenvalue weighted by atomic mass is 15.4. The molecule has 96 valence electrons. The number of rotatable bonds is 5. The molecule has 0 radical (unpaired) electrons. The molecular weight excluding hydrogens is 214 g/mol. The minimum atomic E-state index is 0.841. The molecule has 0 amide bonds. The van der Waals surface area contributed by atoms with Gasteiger partial charge in [-0.25, -0.2) is 0 Å². The Kier molecular flexibility index (Phi) is 4.50. The average Bonchev–Trinajstić information content (AvgIpc) is 2.75. The first-order valence-corrected chi connectivity index (χ1v) is 6.56. The van der Waals surface area contributed by atoms with Crippen molar-refractivity contribution in [2.24, 2.45) is 13.0 Å². The molecule has 1 N–H and O–H groups in total. The van der Waals surface area contributed by atoms with Crippen LogP contribution in [0.5, 0.6) is 0 Å². The number of hydrogen-bond acceptors (Lipinski definition) is 4. The van der Waals surface area contributed by atoms with Crippen LogP contribution in [0.25, 0.3) is 0 Å². The Hall–Kier alpha value is -0.940. The van der Waals surface area contributed by atoms with Crippen molar-refractivity contribution in [3.63, 3.8) is 0 Å². The van der Waals surface area contributed by atoms with E-state index in [0.29, 0.717) is 0 Å². The van der Waals surface area contributed by atoms with Crippen LogP contribution in [0.4, 0.5) is 0 Å². The normalized spacial score (nSPS) is 17.8. The van der Waals surface area contributed by atoms with Gasteiger partial charge in [0.2, 0.25) is 0 Å². The summed E-state index contributed by atoms with van der Waals surface area (Å²) in [6.07, 6.45) is 4.61. The Morgan fingerprint density at radius 2 is 2.24 bits per heavy atom. The Labute approximate surface area is 103 Å². The van der Waals surface area contributed by atoms with E-state index < -0.39 is 0 Å². The number of aryl methyl sites for hydroxylation is 1. The van der Waals surface area contributed by atoms with Crippen LogP contribution in [0, 0.1) is 5.92 Å². The standard InChI is InChI=1S/C12H23N5/c1-3-17(8-11-4-6-13-7-5-11)10-12-9-16(2)15-14-12/h9,11,13H,3-8,10H2,1-2H3. The van der Waals surface area contributed by atoms with Gasteiger partial charge >= 0.3 is 0 Å². The fourth-order valence-corrected chi connectivity index (χ4v) is 2.43. The molecule has 1 aliphatic rings. The van der Waals surface area contributed by atoms with Crippen LogP contribution in [-0.4, -0.2) is 46.1 Å². The van der Waals surface area contributed by atoms with Crippen LogP contribution in [0.3, 0.4) is 0 Å². The lowest BCUT2D eigenvalue weighted by atomic mass is 9.97. The Balaban J connectivity index is 1.83. The summed E-state index contributed by atoms with van der Waals surface area (Å²) in [7, 11) is 1.92. The molecule has 0 spiro atoms. The van der Waals surface area contributed by atoms with Crippen molar-refractivity contribution in [3.05, 3.63) is 11.9 Å². The topological polar surface area (TPSA) is 46.0 Å². The molecule has 5 nitrogen and oxygen atoms in total. The minimum absolute atomic E-state index is 0.841. The van der Waals surface area contributed by atoms with Gasteiger partial charge in [0.15, 0.2) is 0 Å². The predicted molar refractivity (Wildman–Crippen MR) is 67.5 cm³/mol. The van der Waals surface area contributed by atoms with Crippen LogP contribution in [0.1, 0.15) is 25.5 Å². The number of piperidine rings is 1. The Morgan fingerprint density at radius 3 is 2.82 bits per heavy atom. The number of nitrogens with zero attached hydrogens (tertiary/aromatic N) is 4. The van der Waals surface area contributed by atoms with Crippen LogP contribution in [0.2, 0.25) is 0 Å². The predicted octanol–water partition coefficient (Wildman–Crippen LogP) is 0.637. The first-order chi connectivity index (χ1) is 8.28. The molecule has 0 aromatic carbocycles. The van der Waals surface area contributed by atoms with Crippen LogP contribution < -0.4 is 5.32 Å². The SMILES string of the molecule is CCN(Cc1cn(C)nn1)CC1CCNCC1. The van der Waals surface area contributed by atoms with Gasteiger partial charge in [-0.1, -0.05) is 12.1 Å². The summed E-state index contributed by atoms with van der Waals surface area (Å²) in [6, 6.07) is 0. The summed E-state index contributed by atoms with van der Waals surface area (Å²) >= 11 is 0. The van der Waals surface area contributed by atoms with E-state index in [-0.39, 0.29) is 0 Å². The highest BCUT2D eigenvalue weighted by Crippen LogP contribution is 2.14. The molecule has 0 bridgehead atoms. The van der Waals surface area contributed by atoms with E-state index in [1.54, 1.807) is 4.68 Å². The van der Waals surface area contributed by atoms with Gasteiger partial charge in [-0.15, -0.1) is 5.10 Å². The van der Waals surface area contributed by atoms with E-state index in [4.69, 9.17) is 0 Å². The summed E-state index contributed by atoms with van der Waals surface area (Å²) in [4.78, 5) is 2.47. The molecule has 5 heteroatoms. The monoisotopic (exact) mass is 237 g/mol. The zero-order valence-electron chi connectivity index (χ0n) is 10.9. The average molecular weight is 237 g/mol. The molecule has 1 saturated heterocycles. The summed E-state index contributed by atoms with van der Waals surface area (Å²) < 4.78 is 1.77. The molecule has 17 heavy (non-hydrogen) atoms. The lowest BCUT2D eigenvalue weighted by molar-refractivity contribution is 0.205. The minimum Gasteiger partial charge on any atom is -0.317 e. The zero-order valence-corrected chi connectivity index (χ0v) is 10.9. The van der Waals surface area contributed by atoms with Crippen molar-refractivity contribution in [1.82, 2.24) is 25.2 Å². The van der Waals surface area contributed by atoms with Gasteiger partial charge in [-0.2, -0.15) is 0 Å². The molecule has 1 aromatic rings. The van der Waals surface area contributed by atoms with Crippen molar-refractivity contribution < 1.29 is 0 Å². The second-order valence-electron chi connectivity index (χ2n) is 4.90. The maximum absolute atomic E-state index is 4.16. The van der Waals surface area contributed by atoms with E-state index >= 15 is 0 Å². The van der Waals surface area contributed by atoms with Gasteiger partial charge in [0.05, 0.1) is 5.69 Å². The van der Waals surface area contributed by atoms with Gasteiger partial charge in [0.1, 0.15) is 0 Å². The summed E-state index contributed by atoms with van der Waals surface area (Å²) in [5.41, 5.74) is 1.07. The third-order valence-electron chi connectivity index (χ3n) is 3.46. The van der Waals surface area contributed by atoms with E-state index in [0.717, 1.165) is 24.7 Å². The molecule has 1 aromatic heterocycles. The summed E-state index contributed by atoms with van der Waals surface area (Å²) in [5.74, 6) is 0.841. The van der Waals surface area contributed by atoms with Crippen LogP contribution in [0.15, 0.2) is 6.20 Å². The van der Waals surface area contributed by atoms with E-state index in [1.807, 2.05) is 13.2 Å². The molecule has 0 unspecified atom stereocenters. The molecular formula is C12H23N5. The maximum Gasteiger partial charge on any atom is 0.0966 e. The molecule has 0 aliphatic carbocycles. The fraction of sp³-hybridized carbons (Fsp3) is 0.833. The quantitative estimate of drug-likeness (QED) is 0.816. The molecule has 2 heterocycles. The largest absolute Gasteiger partial charge is 0.317 e. The number of hydrogen-bond donors (Lipinski definition) is 1. The van der Waals surface area contributed by atoms with Crippen LogP contribution >= 0.6 is 0 Å². The number of aromatic nitrogens is 3. The van der Waals surface area contributed by atoms with Crippen molar-refractivity contribution in [2.75, 3.05) is 26.2 Å². The summed E-state index contributed by atoms with van der Waals surface area (Å²) in [6.45, 7) is 7.77. The highest BCUT2D eigenvalue weighted by Gasteiger charge is 2.16. The lowest BCUT2D eigenvalue weighted by Crippen LogP contribution is -2.36. The number of nitrogens with one attached hydrogen (secondary N) is 1. The van der Waals surface area contributed by atoms with Gasteiger partial charge in [-0.05, 0) is 38.4 Å². The molecule has 0 atom stereocenters. The van der Waals surface area contributed by atoms with Gasteiger partial charge < -0.3 is 5.32 Å². The van der Waals surface area contributed by atoms with Crippen molar-refractivity contribution in [2.45, 2.75) is 26.3 Å². The molecule has 0 saturated carbocycles. The second kappa shape index (κ2) is 6.12. The molecule has 1 fully saturated rings. The smallest absolute Gasteiger partial charge is 0.0966 e. The van der Waals surface area contributed by atoms with Gasteiger partial charge in [0, 0.05) is 26.3 Å². The summed E-state index contributed by atoms with van der Waals surface area (Å²) in [5, 5.41) is 11.6. The lowest BCUT2D eigenvalue weighted by Gasteiger charge is -2.28. The first-order valence-electron chi connectivity index (χ1n) is 6.56. The van der Waals surface area contributed by atoms with Crippen LogP contribution in [-0.2, 0) is 13.6 Å². The van der Waals surface area contributed by atoms with Gasteiger partial charge in [0.25, 0.3) is 0 Å². The van der Waals surface area contributed by atoms with Gasteiger partial charge in [-0.3, -0.25) is 9.58 Å². The van der Waals surface area contributed by atoms with E-state index in [1.165, 1.54) is 32.5 Å². The van der Waals surface area contributed by atoms with E-state index in [2.05, 4.69) is 27.5 Å². The zero-order chi connectivity index (χ0) is 12.1. The Bertz CT molecular complexity index is 329. The molecule has 1 aliphatic heterocycles. The Morgan fingerprint density at radius 1 is 1.47 bits per heavy atom. The third kappa shape index (κ3) is 3.78. The molecule has 2 rings (SSSR count). The van der Waals surface area contributed by atoms with E-state index in [9.17, 15) is 0 Å². The van der Waals surface area contributed by atoms with Crippen molar-refractivity contribution in [3.8, 4) is 0 Å². The maximum atomic E-state index is 4.16.